The Labute approximate surface area is 181 Å². The fourth-order valence-electron chi connectivity index (χ4n) is 3.18. The van der Waals surface area contributed by atoms with Gasteiger partial charge in [-0.1, -0.05) is 19.9 Å². The molecule has 0 bridgehead atoms. The Morgan fingerprint density at radius 2 is 1.84 bits per heavy atom. The van der Waals surface area contributed by atoms with Crippen molar-refractivity contribution in [3.05, 3.63) is 71.9 Å². The second kappa shape index (κ2) is 9.88. The number of rotatable bonds is 8. The molecule has 2 aromatic heterocycles. The number of hydrogen-bond acceptors (Lipinski definition) is 5. The number of carbonyl (C=O) groups excluding carboxylic acids is 2. The van der Waals surface area contributed by atoms with E-state index in [1.54, 1.807) is 43.8 Å². The van der Waals surface area contributed by atoms with Crippen LogP contribution in [0.25, 0.3) is 5.82 Å². The number of aryl methyl sites for hydroxylation is 1. The molecule has 0 saturated heterocycles. The van der Waals surface area contributed by atoms with Crippen LogP contribution in [0.1, 0.15) is 35.6 Å². The summed E-state index contributed by atoms with van der Waals surface area (Å²) < 4.78 is 6.99. The zero-order valence-corrected chi connectivity index (χ0v) is 18.1. The van der Waals surface area contributed by atoms with Crippen molar-refractivity contribution in [3.8, 4) is 11.6 Å². The van der Waals surface area contributed by atoms with E-state index in [1.165, 1.54) is 0 Å². The Morgan fingerprint density at radius 1 is 1.10 bits per heavy atom. The molecular formula is C23H27N5O3. The third kappa shape index (κ3) is 5.28. The molecule has 0 aliphatic rings. The summed E-state index contributed by atoms with van der Waals surface area (Å²) in [5.74, 6) is 1.52. The fourth-order valence-corrected chi connectivity index (χ4v) is 3.18. The Hall–Kier alpha value is -3.68. The zero-order valence-electron chi connectivity index (χ0n) is 18.1. The van der Waals surface area contributed by atoms with Crippen LogP contribution < -0.4 is 15.4 Å². The third-order valence-corrected chi connectivity index (χ3v) is 4.96. The lowest BCUT2D eigenvalue weighted by Crippen LogP contribution is -2.49. The minimum absolute atomic E-state index is 0.0912. The highest BCUT2D eigenvalue weighted by atomic mass is 16.5. The summed E-state index contributed by atoms with van der Waals surface area (Å²) in [6.45, 7) is 5.95. The van der Waals surface area contributed by atoms with Crippen molar-refractivity contribution in [2.45, 2.75) is 33.4 Å². The molecule has 3 aromatic rings. The normalized spacial score (nSPS) is 11.8. The average molecular weight is 422 g/mol. The van der Waals surface area contributed by atoms with Gasteiger partial charge in [-0.3, -0.25) is 14.2 Å². The Morgan fingerprint density at radius 3 is 2.45 bits per heavy atom. The maximum Gasteiger partial charge on any atom is 0.251 e. The molecule has 2 N–H and O–H groups in total. The Kier molecular flexibility index (Phi) is 7.02. The number of imidazole rings is 1. The van der Waals surface area contributed by atoms with Crippen LogP contribution in [0.4, 0.5) is 0 Å². The van der Waals surface area contributed by atoms with Crippen LogP contribution in [0.2, 0.25) is 0 Å². The van der Waals surface area contributed by atoms with Crippen LogP contribution in [-0.4, -0.2) is 39.5 Å². The van der Waals surface area contributed by atoms with Crippen molar-refractivity contribution in [1.29, 1.82) is 0 Å². The molecule has 31 heavy (non-hydrogen) atoms. The first-order valence-corrected chi connectivity index (χ1v) is 10.1. The largest absolute Gasteiger partial charge is 0.497 e. The third-order valence-electron chi connectivity index (χ3n) is 4.96. The van der Waals surface area contributed by atoms with Crippen LogP contribution in [0.3, 0.4) is 0 Å². The van der Waals surface area contributed by atoms with E-state index in [-0.39, 0.29) is 24.3 Å². The number of carbonyl (C=O) groups is 2. The zero-order chi connectivity index (χ0) is 22.4. The van der Waals surface area contributed by atoms with Gasteiger partial charge in [0.2, 0.25) is 5.91 Å². The molecule has 3 rings (SSSR count). The first-order valence-electron chi connectivity index (χ1n) is 10.1. The van der Waals surface area contributed by atoms with Crippen molar-refractivity contribution in [3.63, 3.8) is 0 Å². The minimum Gasteiger partial charge on any atom is -0.497 e. The van der Waals surface area contributed by atoms with Gasteiger partial charge in [0, 0.05) is 36.3 Å². The Bertz CT molecular complexity index is 1040. The summed E-state index contributed by atoms with van der Waals surface area (Å²) in [5.41, 5.74) is 1.31. The van der Waals surface area contributed by atoms with Gasteiger partial charge in [0.05, 0.1) is 7.11 Å². The molecule has 0 saturated carbocycles. The number of benzene rings is 1. The molecule has 0 spiro atoms. The number of methoxy groups -OCH3 is 1. The summed E-state index contributed by atoms with van der Waals surface area (Å²) in [6, 6.07) is 9.80. The number of nitrogens with zero attached hydrogens (tertiary/aromatic N) is 3. The highest BCUT2D eigenvalue weighted by molar-refractivity contribution is 5.97. The van der Waals surface area contributed by atoms with Crippen molar-refractivity contribution in [1.82, 2.24) is 25.2 Å². The maximum atomic E-state index is 12.9. The van der Waals surface area contributed by atoms with E-state index in [0.29, 0.717) is 17.1 Å². The van der Waals surface area contributed by atoms with Gasteiger partial charge >= 0.3 is 0 Å². The lowest BCUT2D eigenvalue weighted by atomic mass is 10.0. The average Bonchev–Trinajstić information content (AvgIpc) is 3.21. The van der Waals surface area contributed by atoms with Gasteiger partial charge in [-0.2, -0.15) is 0 Å². The molecule has 162 valence electrons. The van der Waals surface area contributed by atoms with E-state index in [0.717, 1.165) is 11.4 Å². The first-order chi connectivity index (χ1) is 14.9. The molecular weight excluding hydrogens is 394 g/mol. The summed E-state index contributed by atoms with van der Waals surface area (Å²) in [7, 11) is 1.57. The monoisotopic (exact) mass is 421 g/mol. The highest BCUT2D eigenvalue weighted by Gasteiger charge is 2.25. The van der Waals surface area contributed by atoms with E-state index >= 15 is 0 Å². The molecule has 0 aliphatic carbocycles. The summed E-state index contributed by atoms with van der Waals surface area (Å²) in [6.07, 6.45) is 5.23. The van der Waals surface area contributed by atoms with Crippen molar-refractivity contribution in [2.75, 3.05) is 7.11 Å². The second-order valence-electron chi connectivity index (χ2n) is 7.47. The van der Waals surface area contributed by atoms with Crippen molar-refractivity contribution < 1.29 is 14.3 Å². The summed E-state index contributed by atoms with van der Waals surface area (Å²) in [4.78, 5) is 34.2. The maximum absolute atomic E-state index is 12.9. The topological polar surface area (TPSA) is 98.1 Å². The second-order valence-corrected chi connectivity index (χ2v) is 7.47. The van der Waals surface area contributed by atoms with Gasteiger partial charge in [0.1, 0.15) is 23.4 Å². The smallest absolute Gasteiger partial charge is 0.251 e. The predicted molar refractivity (Wildman–Crippen MR) is 117 cm³/mol. The van der Waals surface area contributed by atoms with E-state index in [1.807, 2.05) is 43.7 Å². The quantitative estimate of drug-likeness (QED) is 0.583. The Balaban J connectivity index is 1.69. The van der Waals surface area contributed by atoms with Gasteiger partial charge in [0.15, 0.2) is 0 Å². The van der Waals surface area contributed by atoms with Crippen molar-refractivity contribution >= 4 is 11.8 Å². The summed E-state index contributed by atoms with van der Waals surface area (Å²) >= 11 is 0. The van der Waals surface area contributed by atoms with E-state index in [2.05, 4.69) is 20.6 Å². The number of nitrogens with one attached hydrogen (secondary N) is 2. The van der Waals surface area contributed by atoms with E-state index in [4.69, 9.17) is 4.74 Å². The lowest BCUT2D eigenvalue weighted by Gasteiger charge is -2.22. The molecule has 0 aliphatic heterocycles. The number of amides is 2. The predicted octanol–water partition coefficient (Wildman–Crippen LogP) is 2.66. The molecule has 1 unspecified atom stereocenters. The van der Waals surface area contributed by atoms with Gasteiger partial charge < -0.3 is 15.4 Å². The number of aromatic nitrogens is 3. The van der Waals surface area contributed by atoms with Crippen LogP contribution in [0.15, 0.2) is 55.0 Å². The SMILES string of the molecule is COc1ccc(C(=O)NC(C(=O)NCc2cccnc2-n2ccnc2C)C(C)C)cc1. The highest BCUT2D eigenvalue weighted by Crippen LogP contribution is 2.14. The molecule has 1 aromatic carbocycles. The molecule has 1 atom stereocenters. The van der Waals surface area contributed by atoms with Gasteiger partial charge in [0.25, 0.3) is 5.91 Å². The number of pyridine rings is 1. The molecule has 8 nitrogen and oxygen atoms in total. The van der Waals surface area contributed by atoms with Gasteiger partial charge in [-0.15, -0.1) is 0 Å². The first kappa shape index (κ1) is 22.0. The standard InChI is InChI=1S/C23H27N5O3/c1-15(2)20(27-22(29)17-7-9-19(31-4)10-8-17)23(30)26-14-18-6-5-11-25-21(18)28-13-12-24-16(28)3/h5-13,15,20H,14H2,1-4H3,(H,26,30)(H,27,29). The lowest BCUT2D eigenvalue weighted by molar-refractivity contribution is -0.124. The fraction of sp³-hybridized carbons (Fsp3) is 0.304. The molecule has 2 heterocycles. The van der Waals surface area contributed by atoms with E-state index in [9.17, 15) is 9.59 Å². The van der Waals surface area contributed by atoms with Crippen molar-refractivity contribution in [2.24, 2.45) is 5.92 Å². The molecule has 8 heteroatoms. The molecule has 0 radical (unpaired) electrons. The minimum atomic E-state index is -0.676. The summed E-state index contributed by atoms with van der Waals surface area (Å²) in [5, 5.41) is 5.76. The van der Waals surface area contributed by atoms with E-state index < -0.39 is 6.04 Å². The van der Waals surface area contributed by atoms with Crippen LogP contribution in [0.5, 0.6) is 5.75 Å². The molecule has 0 fully saturated rings. The molecule has 2 amide bonds. The number of hydrogen-bond donors (Lipinski definition) is 2. The number of ether oxygens (including phenoxy) is 1. The van der Waals surface area contributed by atoms with Crippen LogP contribution >= 0.6 is 0 Å². The van der Waals surface area contributed by atoms with Gasteiger partial charge in [-0.25, -0.2) is 9.97 Å². The van der Waals surface area contributed by atoms with Crippen LogP contribution in [0, 0.1) is 12.8 Å². The van der Waals surface area contributed by atoms with Crippen LogP contribution in [-0.2, 0) is 11.3 Å². The van der Waals surface area contributed by atoms with Gasteiger partial charge in [-0.05, 0) is 43.2 Å².